The molecule has 2 bridgehead atoms. The largest absolute Gasteiger partial charge is 0.370 e. The van der Waals surface area contributed by atoms with E-state index in [1.807, 2.05) is 18.4 Å². The molecule has 1 aromatic carbocycles. The molecule has 0 radical (unpaired) electrons. The van der Waals surface area contributed by atoms with Crippen molar-refractivity contribution in [1.29, 1.82) is 0 Å². The number of imide groups is 1. The fraction of sp³-hybridized carbons (Fsp3) is 0.389. The molecule has 0 N–H and O–H groups in total. The molecule has 25 heavy (non-hydrogen) atoms. The lowest BCUT2D eigenvalue weighted by molar-refractivity contribution is -0.126. The molecule has 0 unspecified atom stereocenters. The molecule has 3 aliphatic heterocycles. The number of hydrogen-bond acceptors (Lipinski definition) is 5. The third kappa shape index (κ3) is 2.02. The zero-order valence-electron chi connectivity index (χ0n) is 13.4. The van der Waals surface area contributed by atoms with Crippen LogP contribution in [0.25, 0.3) is 10.6 Å². The first-order chi connectivity index (χ1) is 12.0. The minimum absolute atomic E-state index is 0.137. The van der Waals surface area contributed by atoms with Crippen molar-refractivity contribution in [3.63, 3.8) is 0 Å². The van der Waals surface area contributed by atoms with Gasteiger partial charge in [-0.1, -0.05) is 11.6 Å². The normalized spacial score (nSPS) is 33.4. The Morgan fingerprint density at radius 1 is 1.36 bits per heavy atom. The molecule has 3 aliphatic rings. The smallest absolute Gasteiger partial charge is 0.240 e. The van der Waals surface area contributed by atoms with Crippen LogP contribution in [0.1, 0.15) is 19.8 Å². The summed E-state index contributed by atoms with van der Waals surface area (Å²) in [5, 5.41) is 3.17. The number of aromatic nitrogens is 1. The second-order valence-corrected chi connectivity index (χ2v) is 8.33. The molecule has 4 heterocycles. The standard InChI is InChI=1S/C18H15ClN2O3S/c1-18-5-4-12(24-18)13-14(18)17(23)21(16(13)22)9-2-3-10(11(19)8-9)15-20-6-7-25-15/h2-3,6-8,12-14H,4-5H2,1H3/t12-,13-,14+,18+/m1/s1. The molecule has 2 amide bonds. The van der Waals surface area contributed by atoms with Gasteiger partial charge in [0.25, 0.3) is 0 Å². The van der Waals surface area contributed by atoms with Crippen LogP contribution < -0.4 is 4.90 Å². The van der Waals surface area contributed by atoms with Crippen LogP contribution in [0, 0.1) is 11.8 Å². The van der Waals surface area contributed by atoms with E-state index in [1.165, 1.54) is 16.2 Å². The maximum Gasteiger partial charge on any atom is 0.240 e. The Balaban J connectivity index is 1.53. The van der Waals surface area contributed by atoms with E-state index in [9.17, 15) is 9.59 Å². The Morgan fingerprint density at radius 2 is 2.20 bits per heavy atom. The van der Waals surface area contributed by atoms with Crippen molar-refractivity contribution < 1.29 is 14.3 Å². The highest BCUT2D eigenvalue weighted by Crippen LogP contribution is 2.55. The topological polar surface area (TPSA) is 59.5 Å². The molecular formula is C18H15ClN2O3S. The van der Waals surface area contributed by atoms with E-state index in [0.29, 0.717) is 10.7 Å². The summed E-state index contributed by atoms with van der Waals surface area (Å²) in [6, 6.07) is 5.27. The summed E-state index contributed by atoms with van der Waals surface area (Å²) in [5.41, 5.74) is 0.814. The number of carbonyl (C=O) groups excluding carboxylic acids is 2. The van der Waals surface area contributed by atoms with Crippen molar-refractivity contribution in [2.75, 3.05) is 4.90 Å². The summed E-state index contributed by atoms with van der Waals surface area (Å²) in [5.74, 6) is -1.07. The lowest BCUT2D eigenvalue weighted by Crippen LogP contribution is -2.39. The summed E-state index contributed by atoms with van der Waals surface area (Å²) in [6.07, 6.45) is 3.25. The minimum atomic E-state index is -0.512. The van der Waals surface area contributed by atoms with Crippen LogP contribution in [0.5, 0.6) is 0 Å². The number of rotatable bonds is 2. The molecule has 5 nitrogen and oxygen atoms in total. The van der Waals surface area contributed by atoms with Crippen molar-refractivity contribution >= 4 is 40.4 Å². The summed E-state index contributed by atoms with van der Waals surface area (Å²) >= 11 is 7.90. The Hall–Kier alpha value is -1.76. The summed E-state index contributed by atoms with van der Waals surface area (Å²) < 4.78 is 5.94. The van der Waals surface area contributed by atoms with E-state index in [4.69, 9.17) is 16.3 Å². The third-order valence-corrected chi connectivity index (χ3v) is 6.75. The highest BCUT2D eigenvalue weighted by atomic mass is 35.5. The van der Waals surface area contributed by atoms with E-state index < -0.39 is 5.60 Å². The van der Waals surface area contributed by atoms with Gasteiger partial charge in [0.15, 0.2) is 0 Å². The lowest BCUT2D eigenvalue weighted by Gasteiger charge is -2.26. The average molecular weight is 375 g/mol. The van der Waals surface area contributed by atoms with Gasteiger partial charge in [0.05, 0.1) is 34.3 Å². The van der Waals surface area contributed by atoms with Gasteiger partial charge in [-0.3, -0.25) is 9.59 Å². The number of fused-ring (bicyclic) bond motifs is 5. The number of nitrogens with zero attached hydrogens (tertiary/aromatic N) is 2. The molecule has 2 aromatic rings. The van der Waals surface area contributed by atoms with Gasteiger partial charge in [0.2, 0.25) is 11.8 Å². The van der Waals surface area contributed by atoms with Crippen molar-refractivity contribution in [3.05, 3.63) is 34.8 Å². The Labute approximate surface area is 153 Å². The fourth-order valence-corrected chi connectivity index (χ4v) is 5.51. The van der Waals surface area contributed by atoms with E-state index in [2.05, 4.69) is 4.98 Å². The van der Waals surface area contributed by atoms with Crippen LogP contribution >= 0.6 is 22.9 Å². The zero-order valence-corrected chi connectivity index (χ0v) is 15.0. The summed E-state index contributed by atoms with van der Waals surface area (Å²) in [7, 11) is 0. The number of amides is 2. The van der Waals surface area contributed by atoms with Gasteiger partial charge in [-0.25, -0.2) is 9.88 Å². The van der Waals surface area contributed by atoms with Gasteiger partial charge in [-0.15, -0.1) is 11.3 Å². The van der Waals surface area contributed by atoms with Crippen LogP contribution in [-0.2, 0) is 14.3 Å². The number of benzene rings is 1. The van der Waals surface area contributed by atoms with Crippen molar-refractivity contribution in [3.8, 4) is 10.6 Å². The Bertz CT molecular complexity index is 900. The number of ether oxygens (including phenoxy) is 1. The second-order valence-electron chi connectivity index (χ2n) is 7.02. The Kier molecular flexibility index (Phi) is 3.18. The lowest BCUT2D eigenvalue weighted by atomic mass is 9.74. The van der Waals surface area contributed by atoms with Crippen LogP contribution in [0.4, 0.5) is 5.69 Å². The Morgan fingerprint density at radius 3 is 2.88 bits per heavy atom. The van der Waals surface area contributed by atoms with Gasteiger partial charge < -0.3 is 4.74 Å². The minimum Gasteiger partial charge on any atom is -0.370 e. The molecule has 3 saturated heterocycles. The molecule has 0 spiro atoms. The molecule has 4 atom stereocenters. The van der Waals surface area contributed by atoms with E-state index >= 15 is 0 Å². The number of hydrogen-bond donors (Lipinski definition) is 0. The maximum absolute atomic E-state index is 13.0. The van der Waals surface area contributed by atoms with Gasteiger partial charge in [-0.05, 0) is 38.0 Å². The predicted molar refractivity (Wildman–Crippen MR) is 94.5 cm³/mol. The monoisotopic (exact) mass is 374 g/mol. The van der Waals surface area contributed by atoms with Crippen molar-refractivity contribution in [2.24, 2.45) is 11.8 Å². The molecule has 5 rings (SSSR count). The summed E-state index contributed by atoms with van der Waals surface area (Å²) in [6.45, 7) is 1.95. The number of halogens is 1. The first-order valence-corrected chi connectivity index (χ1v) is 9.50. The molecule has 7 heteroatoms. The van der Waals surface area contributed by atoms with Gasteiger partial charge >= 0.3 is 0 Å². The maximum atomic E-state index is 13.0. The molecule has 0 saturated carbocycles. The van der Waals surface area contributed by atoms with Crippen molar-refractivity contribution in [1.82, 2.24) is 4.98 Å². The number of carbonyl (C=O) groups is 2. The van der Waals surface area contributed by atoms with E-state index in [1.54, 1.807) is 18.3 Å². The molecule has 3 fully saturated rings. The average Bonchev–Trinajstić information content (AvgIpc) is 3.31. The SMILES string of the molecule is C[C@@]12CC[C@@H](O1)[C@H]1C(=O)N(c3ccc(-c4nccs4)c(Cl)c3)C(=O)[C@H]12. The van der Waals surface area contributed by atoms with Crippen LogP contribution in [-0.4, -0.2) is 28.5 Å². The number of thiazole rings is 1. The second kappa shape index (κ2) is 5.13. The van der Waals surface area contributed by atoms with E-state index in [0.717, 1.165) is 23.4 Å². The fourth-order valence-electron chi connectivity index (χ4n) is 4.51. The van der Waals surface area contributed by atoms with Crippen molar-refractivity contribution in [2.45, 2.75) is 31.5 Å². The van der Waals surface area contributed by atoms with Crippen LogP contribution in [0.2, 0.25) is 5.02 Å². The highest BCUT2D eigenvalue weighted by Gasteiger charge is 2.67. The van der Waals surface area contributed by atoms with Gasteiger partial charge in [0.1, 0.15) is 5.01 Å². The summed E-state index contributed by atoms with van der Waals surface area (Å²) in [4.78, 5) is 31.5. The van der Waals surface area contributed by atoms with Crippen LogP contribution in [0.3, 0.4) is 0 Å². The molecule has 128 valence electrons. The molecule has 1 aromatic heterocycles. The van der Waals surface area contributed by atoms with Gasteiger partial charge in [-0.2, -0.15) is 0 Å². The number of anilines is 1. The first kappa shape index (κ1) is 15.5. The third-order valence-electron chi connectivity index (χ3n) is 5.63. The van der Waals surface area contributed by atoms with Crippen LogP contribution in [0.15, 0.2) is 29.8 Å². The van der Waals surface area contributed by atoms with E-state index in [-0.39, 0.29) is 29.8 Å². The van der Waals surface area contributed by atoms with Gasteiger partial charge in [0, 0.05) is 17.1 Å². The zero-order chi connectivity index (χ0) is 17.3. The first-order valence-electron chi connectivity index (χ1n) is 8.25. The molecule has 0 aliphatic carbocycles. The highest BCUT2D eigenvalue weighted by molar-refractivity contribution is 7.13. The quantitative estimate of drug-likeness (QED) is 0.754. The molecular weight excluding hydrogens is 360 g/mol. The predicted octanol–water partition coefficient (Wildman–Crippen LogP) is 3.52.